The molecule has 0 radical (unpaired) electrons. The van der Waals surface area contributed by atoms with Crippen molar-refractivity contribution in [3.8, 4) is 18.1 Å². The third-order valence-corrected chi connectivity index (χ3v) is 8.79. The van der Waals surface area contributed by atoms with Gasteiger partial charge in [-0.15, -0.1) is 12.3 Å². The van der Waals surface area contributed by atoms with Crippen molar-refractivity contribution in [2.24, 2.45) is 5.92 Å². The van der Waals surface area contributed by atoms with E-state index in [0.717, 1.165) is 103 Å². The van der Waals surface area contributed by atoms with Crippen LogP contribution in [0.25, 0.3) is 0 Å². The van der Waals surface area contributed by atoms with E-state index in [-0.39, 0.29) is 5.54 Å². The Hall–Kier alpha value is -2.25. The molecular formula is C33H48N2O2. The van der Waals surface area contributed by atoms with Crippen molar-refractivity contribution < 1.29 is 9.53 Å². The van der Waals surface area contributed by atoms with Crippen LogP contribution in [0.5, 0.6) is 5.75 Å². The lowest BCUT2D eigenvalue weighted by Gasteiger charge is -2.28. The van der Waals surface area contributed by atoms with Crippen molar-refractivity contribution >= 4 is 5.91 Å². The summed E-state index contributed by atoms with van der Waals surface area (Å²) in [6, 6.07) is 6.79. The van der Waals surface area contributed by atoms with E-state index in [4.69, 9.17) is 11.2 Å². The van der Waals surface area contributed by atoms with Crippen LogP contribution in [0.4, 0.5) is 0 Å². The van der Waals surface area contributed by atoms with Gasteiger partial charge in [-0.1, -0.05) is 63.8 Å². The summed E-state index contributed by atoms with van der Waals surface area (Å²) in [5.74, 6) is 5.19. The Morgan fingerprint density at radius 3 is 2.70 bits per heavy atom. The van der Waals surface area contributed by atoms with E-state index in [1.165, 1.54) is 16.7 Å². The zero-order valence-electron chi connectivity index (χ0n) is 23.6. The molecule has 2 heterocycles. The Bertz CT molecular complexity index is 985. The van der Waals surface area contributed by atoms with Crippen LogP contribution in [0, 0.1) is 18.3 Å². The first kappa shape index (κ1) is 27.8. The van der Waals surface area contributed by atoms with E-state index in [2.05, 4.69) is 60.8 Å². The van der Waals surface area contributed by atoms with Crippen molar-refractivity contribution in [3.05, 3.63) is 41.0 Å². The molecule has 1 aromatic carbocycles. The molecule has 2 unspecified atom stereocenters. The van der Waals surface area contributed by atoms with Crippen LogP contribution in [0.15, 0.2) is 29.8 Å². The summed E-state index contributed by atoms with van der Waals surface area (Å²) in [4.78, 5) is 18.2. The van der Waals surface area contributed by atoms with E-state index >= 15 is 0 Å². The molecule has 1 saturated heterocycles. The number of likely N-dealkylation sites (tertiary alicyclic amines) is 1. The van der Waals surface area contributed by atoms with E-state index in [1.807, 2.05) is 0 Å². The molecule has 3 atom stereocenters. The van der Waals surface area contributed by atoms with Gasteiger partial charge in [-0.2, -0.15) is 0 Å². The van der Waals surface area contributed by atoms with Crippen LogP contribution in [0.1, 0.15) is 102 Å². The van der Waals surface area contributed by atoms with Crippen LogP contribution >= 0.6 is 0 Å². The minimum atomic E-state index is 0.0629. The van der Waals surface area contributed by atoms with E-state index in [0.29, 0.717) is 24.3 Å². The predicted octanol–water partition coefficient (Wildman–Crippen LogP) is 6.74. The molecule has 0 N–H and O–H groups in total. The van der Waals surface area contributed by atoms with Gasteiger partial charge in [0.25, 0.3) is 0 Å². The molecule has 4 heteroatoms. The Labute approximate surface area is 225 Å². The second kappa shape index (κ2) is 13.0. The molecule has 1 spiro atoms. The van der Waals surface area contributed by atoms with Crippen molar-refractivity contribution in [2.75, 3.05) is 32.8 Å². The normalized spacial score (nSPS) is 24.2. The minimum absolute atomic E-state index is 0.0629. The molecule has 0 aromatic heterocycles. The summed E-state index contributed by atoms with van der Waals surface area (Å²) in [6.45, 7) is 10.7. The topological polar surface area (TPSA) is 32.8 Å². The van der Waals surface area contributed by atoms with Gasteiger partial charge in [0.1, 0.15) is 5.75 Å². The number of hydrogen-bond donors (Lipinski definition) is 0. The third-order valence-electron chi connectivity index (χ3n) is 8.79. The van der Waals surface area contributed by atoms with Gasteiger partial charge >= 0.3 is 0 Å². The summed E-state index contributed by atoms with van der Waals surface area (Å²) in [5.41, 5.74) is 4.35. The molecule has 0 bridgehead atoms. The maximum atomic E-state index is 13.6. The zero-order valence-corrected chi connectivity index (χ0v) is 23.6. The van der Waals surface area contributed by atoms with Crippen molar-refractivity contribution in [1.82, 2.24) is 9.80 Å². The Morgan fingerprint density at radius 2 is 2.00 bits per heavy atom. The number of rotatable bonds is 14. The van der Waals surface area contributed by atoms with Crippen LogP contribution in [0.3, 0.4) is 0 Å². The Balaban J connectivity index is 1.49. The molecule has 1 amide bonds. The van der Waals surface area contributed by atoms with Gasteiger partial charge < -0.3 is 9.64 Å². The van der Waals surface area contributed by atoms with Crippen LogP contribution in [-0.2, 0) is 11.2 Å². The molecule has 202 valence electrons. The predicted molar refractivity (Wildman–Crippen MR) is 153 cm³/mol. The number of terminal acetylenes is 1. The summed E-state index contributed by atoms with van der Waals surface area (Å²) in [7, 11) is 0. The minimum Gasteiger partial charge on any atom is -0.493 e. The highest BCUT2D eigenvalue weighted by Crippen LogP contribution is 2.58. The molecule has 2 aliphatic heterocycles. The molecule has 2 fully saturated rings. The van der Waals surface area contributed by atoms with Crippen LogP contribution in [-0.4, -0.2) is 54.0 Å². The van der Waals surface area contributed by atoms with Gasteiger partial charge in [0.05, 0.1) is 13.2 Å². The molecule has 1 saturated carbocycles. The number of nitrogens with zero attached hydrogens (tertiary/aromatic N) is 2. The summed E-state index contributed by atoms with van der Waals surface area (Å²) >= 11 is 0. The first-order chi connectivity index (χ1) is 18.0. The van der Waals surface area contributed by atoms with E-state index in [1.54, 1.807) is 0 Å². The second-order valence-corrected chi connectivity index (χ2v) is 11.5. The van der Waals surface area contributed by atoms with Gasteiger partial charge in [-0.3, -0.25) is 9.69 Å². The van der Waals surface area contributed by atoms with Gasteiger partial charge in [-0.05, 0) is 68.1 Å². The number of ether oxygens (including phenoxy) is 1. The summed E-state index contributed by atoms with van der Waals surface area (Å²) in [5, 5.41) is 0. The Kier molecular flexibility index (Phi) is 9.77. The Morgan fingerprint density at radius 1 is 1.22 bits per heavy atom. The lowest BCUT2D eigenvalue weighted by Crippen LogP contribution is -2.44. The molecule has 1 aromatic rings. The fourth-order valence-corrected chi connectivity index (χ4v) is 6.43. The third kappa shape index (κ3) is 6.61. The van der Waals surface area contributed by atoms with E-state index < -0.39 is 0 Å². The number of amides is 1. The second-order valence-electron chi connectivity index (χ2n) is 11.5. The average Bonchev–Trinajstić information content (AvgIpc) is 3.22. The SMILES string of the molecule is C#CC(CCC)CC/C=C1/CC12C[C@@H](c1ccc3c(c1)CCO3)CN2CC(=O)N(CCCC)CCCC. The van der Waals surface area contributed by atoms with Gasteiger partial charge in [0, 0.05) is 37.5 Å². The molecule has 4 nitrogen and oxygen atoms in total. The molecule has 3 aliphatic rings. The van der Waals surface area contributed by atoms with Crippen LogP contribution in [0.2, 0.25) is 0 Å². The number of fused-ring (bicyclic) bond motifs is 1. The highest BCUT2D eigenvalue weighted by molar-refractivity contribution is 5.78. The fraction of sp³-hybridized carbons (Fsp3) is 0.667. The highest BCUT2D eigenvalue weighted by atomic mass is 16.5. The lowest BCUT2D eigenvalue weighted by atomic mass is 9.93. The smallest absolute Gasteiger partial charge is 0.236 e. The molecule has 4 rings (SSSR count). The number of allylic oxidation sites excluding steroid dienone is 1. The first-order valence-electron chi connectivity index (χ1n) is 15.0. The first-order valence-corrected chi connectivity index (χ1v) is 15.0. The molecule has 1 aliphatic carbocycles. The number of benzene rings is 1. The number of carbonyl (C=O) groups is 1. The van der Waals surface area contributed by atoms with Gasteiger partial charge in [-0.25, -0.2) is 0 Å². The fourth-order valence-electron chi connectivity index (χ4n) is 6.43. The molecule has 37 heavy (non-hydrogen) atoms. The lowest BCUT2D eigenvalue weighted by molar-refractivity contribution is -0.133. The maximum absolute atomic E-state index is 13.6. The van der Waals surface area contributed by atoms with Crippen molar-refractivity contribution in [2.45, 2.75) is 103 Å². The number of unbranched alkanes of at least 4 members (excludes halogenated alkanes) is 2. The largest absolute Gasteiger partial charge is 0.493 e. The summed E-state index contributed by atoms with van der Waals surface area (Å²) in [6.07, 6.45) is 20.2. The number of carbonyl (C=O) groups excluding carboxylic acids is 1. The molecular weight excluding hydrogens is 456 g/mol. The van der Waals surface area contributed by atoms with Crippen molar-refractivity contribution in [1.29, 1.82) is 0 Å². The van der Waals surface area contributed by atoms with Crippen molar-refractivity contribution in [3.63, 3.8) is 0 Å². The highest BCUT2D eigenvalue weighted by Gasteiger charge is 2.58. The van der Waals surface area contributed by atoms with Crippen LogP contribution < -0.4 is 4.74 Å². The summed E-state index contributed by atoms with van der Waals surface area (Å²) < 4.78 is 5.76. The standard InChI is InChI=1S/C33H48N2O2/c1-5-9-18-34(19-10-6-2)32(36)25-35-24-29(27-15-16-31-28(21-27)17-20-37-31)22-33(35)23-30(33)14-11-13-26(8-4)12-7-3/h4,14-16,21,26,29H,5-7,9-13,17-20,22-25H2,1-3H3/b30-14-/t26?,29-,33?/m1/s1. The zero-order chi connectivity index (χ0) is 26.3. The monoisotopic (exact) mass is 504 g/mol. The van der Waals surface area contributed by atoms with E-state index in [9.17, 15) is 4.79 Å². The number of hydrogen-bond acceptors (Lipinski definition) is 3. The quantitative estimate of drug-likeness (QED) is 0.208. The average molecular weight is 505 g/mol. The van der Waals surface area contributed by atoms with Gasteiger partial charge in [0.2, 0.25) is 5.91 Å². The van der Waals surface area contributed by atoms with Gasteiger partial charge in [0.15, 0.2) is 0 Å². The maximum Gasteiger partial charge on any atom is 0.236 e.